The van der Waals surface area contributed by atoms with Gasteiger partial charge in [-0.2, -0.15) is 0 Å². The molecule has 0 unspecified atom stereocenters. The fraction of sp³-hybridized carbons (Fsp3) is 0.488. The zero-order chi connectivity index (χ0) is 32.0. The van der Waals surface area contributed by atoms with Crippen LogP contribution in [-0.4, -0.2) is 31.2 Å². The van der Waals surface area contributed by atoms with Gasteiger partial charge in [0.2, 0.25) is 0 Å². The van der Waals surface area contributed by atoms with Gasteiger partial charge in [-0.1, -0.05) is 145 Å². The van der Waals surface area contributed by atoms with Gasteiger partial charge in [-0.25, -0.2) is 4.79 Å². The first kappa shape index (κ1) is 34.3. The summed E-state index contributed by atoms with van der Waals surface area (Å²) in [6.07, 6.45) is 18.4. The van der Waals surface area contributed by atoms with E-state index in [1.807, 2.05) is 11.6 Å². The number of esters is 1. The van der Waals surface area contributed by atoms with Gasteiger partial charge in [0, 0.05) is 48.9 Å². The Morgan fingerprint density at radius 2 is 1.24 bits per heavy atom. The summed E-state index contributed by atoms with van der Waals surface area (Å²) in [5.41, 5.74) is 8.43. The third-order valence-corrected chi connectivity index (χ3v) is 9.27. The van der Waals surface area contributed by atoms with Crippen molar-refractivity contribution in [3.05, 3.63) is 78.0 Å². The van der Waals surface area contributed by atoms with Gasteiger partial charge in [0.25, 0.3) is 0 Å². The zero-order valence-electron chi connectivity index (χ0n) is 28.7. The number of para-hydroxylation sites is 1. The molecule has 0 atom stereocenters. The molecule has 0 N–H and O–H groups in total. The molecule has 0 spiro atoms. The Hall–Kier alpha value is -3.53. The van der Waals surface area contributed by atoms with Crippen LogP contribution in [0.2, 0.25) is 0 Å². The Balaban J connectivity index is 1.38. The van der Waals surface area contributed by atoms with Crippen LogP contribution in [0, 0.1) is 6.92 Å². The molecule has 4 aromatic rings. The van der Waals surface area contributed by atoms with Crippen molar-refractivity contribution >= 4 is 22.6 Å². The van der Waals surface area contributed by atoms with Gasteiger partial charge in [0.1, 0.15) is 5.69 Å². The Morgan fingerprint density at radius 3 is 1.84 bits per heavy atom. The number of aromatic nitrogens is 1. The Morgan fingerprint density at radius 1 is 0.689 bits per heavy atom. The predicted molar refractivity (Wildman–Crippen MR) is 193 cm³/mol. The number of carbonyl (C=O) groups excluding carboxylic acids is 1. The summed E-state index contributed by atoms with van der Waals surface area (Å²) in [5.74, 6) is -0.228. The van der Waals surface area contributed by atoms with Crippen LogP contribution >= 0.6 is 0 Å². The van der Waals surface area contributed by atoms with Crippen molar-refractivity contribution in [2.75, 3.05) is 25.6 Å². The number of benzene rings is 3. The maximum atomic E-state index is 13.5. The first-order valence-electron chi connectivity index (χ1n) is 17.6. The van der Waals surface area contributed by atoms with Gasteiger partial charge in [-0.3, -0.25) is 0 Å². The van der Waals surface area contributed by atoms with E-state index >= 15 is 0 Å². The molecule has 0 bridgehead atoms. The van der Waals surface area contributed by atoms with Crippen LogP contribution in [0.1, 0.15) is 113 Å². The van der Waals surface area contributed by atoms with E-state index in [0.29, 0.717) is 12.3 Å². The second-order valence-corrected chi connectivity index (χ2v) is 12.9. The number of rotatable bonds is 19. The number of unbranched alkanes of at least 4 members (excludes halogenated alkanes) is 13. The van der Waals surface area contributed by atoms with E-state index in [0.717, 1.165) is 57.2 Å². The molecule has 0 saturated carbocycles. The lowest BCUT2D eigenvalue weighted by Crippen LogP contribution is -2.12. The first-order chi connectivity index (χ1) is 22.0. The molecule has 1 heterocycles. The van der Waals surface area contributed by atoms with Crippen LogP contribution < -0.4 is 4.90 Å². The van der Waals surface area contributed by atoms with Gasteiger partial charge in [-0.05, 0) is 42.2 Å². The fourth-order valence-corrected chi connectivity index (χ4v) is 6.77. The summed E-state index contributed by atoms with van der Waals surface area (Å²) in [6, 6.07) is 23.4. The van der Waals surface area contributed by atoms with E-state index < -0.39 is 0 Å². The van der Waals surface area contributed by atoms with Gasteiger partial charge in [0.05, 0.1) is 6.61 Å². The Kier molecular flexibility index (Phi) is 13.6. The van der Waals surface area contributed by atoms with Crippen molar-refractivity contribution < 1.29 is 9.53 Å². The highest BCUT2D eigenvalue weighted by Gasteiger charge is 2.25. The summed E-state index contributed by atoms with van der Waals surface area (Å²) >= 11 is 0. The number of ether oxygens (including phenoxy) is 1. The SMILES string of the molecule is CCCCCCCCCCCCCCCCOC(=O)c1c(C)c2c(-c3ccccc3N(C)C)c(-c3ccccc3)ccc2n1C. The van der Waals surface area contributed by atoms with E-state index in [9.17, 15) is 4.79 Å². The lowest BCUT2D eigenvalue weighted by atomic mass is 9.89. The monoisotopic (exact) mass is 608 g/mol. The van der Waals surface area contributed by atoms with Crippen LogP contribution in [0.5, 0.6) is 0 Å². The molecule has 242 valence electrons. The van der Waals surface area contributed by atoms with Crippen molar-refractivity contribution in [2.45, 2.75) is 104 Å². The molecule has 0 saturated heterocycles. The second kappa shape index (κ2) is 17.8. The van der Waals surface area contributed by atoms with E-state index in [1.165, 1.54) is 77.0 Å². The van der Waals surface area contributed by atoms with Crippen molar-refractivity contribution in [3.8, 4) is 22.3 Å². The quantitative estimate of drug-likeness (QED) is 0.0784. The number of hydrogen-bond donors (Lipinski definition) is 0. The molecule has 45 heavy (non-hydrogen) atoms. The van der Waals surface area contributed by atoms with Gasteiger partial charge >= 0.3 is 5.97 Å². The van der Waals surface area contributed by atoms with Crippen LogP contribution in [0.25, 0.3) is 33.2 Å². The molecular weight excluding hydrogens is 552 g/mol. The molecule has 3 aromatic carbocycles. The highest BCUT2D eigenvalue weighted by molar-refractivity contribution is 6.11. The minimum Gasteiger partial charge on any atom is -0.461 e. The number of nitrogens with zero attached hydrogens (tertiary/aromatic N) is 2. The molecule has 4 heteroatoms. The van der Waals surface area contributed by atoms with Gasteiger partial charge in [0.15, 0.2) is 0 Å². The molecule has 1 aromatic heterocycles. The molecule has 4 rings (SSSR count). The maximum Gasteiger partial charge on any atom is 0.355 e. The third kappa shape index (κ3) is 9.02. The average Bonchev–Trinajstić information content (AvgIpc) is 3.31. The predicted octanol–water partition coefficient (Wildman–Crippen LogP) is 11.5. The van der Waals surface area contributed by atoms with Crippen molar-refractivity contribution in [1.82, 2.24) is 4.57 Å². The Bertz CT molecular complexity index is 1480. The highest BCUT2D eigenvalue weighted by Crippen LogP contribution is 2.44. The first-order valence-corrected chi connectivity index (χ1v) is 17.6. The molecule has 0 radical (unpaired) electrons. The van der Waals surface area contributed by atoms with Crippen molar-refractivity contribution in [3.63, 3.8) is 0 Å². The summed E-state index contributed by atoms with van der Waals surface area (Å²) in [6.45, 7) is 4.83. The van der Waals surface area contributed by atoms with Gasteiger partial charge < -0.3 is 14.2 Å². The van der Waals surface area contributed by atoms with Crippen LogP contribution in [0.4, 0.5) is 5.69 Å². The van der Waals surface area contributed by atoms with Crippen LogP contribution in [-0.2, 0) is 11.8 Å². The number of hydrogen-bond acceptors (Lipinski definition) is 3. The maximum absolute atomic E-state index is 13.5. The van der Waals surface area contributed by atoms with E-state index in [1.54, 1.807) is 0 Å². The molecule has 0 aliphatic rings. The minimum absolute atomic E-state index is 0.228. The normalized spacial score (nSPS) is 11.3. The smallest absolute Gasteiger partial charge is 0.355 e. The highest BCUT2D eigenvalue weighted by atomic mass is 16.5. The van der Waals surface area contributed by atoms with Gasteiger partial charge in [-0.15, -0.1) is 0 Å². The van der Waals surface area contributed by atoms with Crippen LogP contribution in [0.15, 0.2) is 66.7 Å². The van der Waals surface area contributed by atoms with E-state index in [4.69, 9.17) is 4.74 Å². The van der Waals surface area contributed by atoms with Crippen LogP contribution in [0.3, 0.4) is 0 Å². The second-order valence-electron chi connectivity index (χ2n) is 12.9. The van der Waals surface area contributed by atoms with E-state index in [-0.39, 0.29) is 5.97 Å². The number of aryl methyl sites for hydroxylation is 2. The minimum atomic E-state index is -0.228. The molecule has 0 fully saturated rings. The summed E-state index contributed by atoms with van der Waals surface area (Å²) in [5, 5.41) is 1.11. The molecule has 0 amide bonds. The largest absolute Gasteiger partial charge is 0.461 e. The van der Waals surface area contributed by atoms with Crippen molar-refractivity contribution in [1.29, 1.82) is 0 Å². The fourth-order valence-electron chi connectivity index (χ4n) is 6.77. The topological polar surface area (TPSA) is 34.5 Å². The summed E-state index contributed by atoms with van der Waals surface area (Å²) in [7, 11) is 6.15. The standard InChI is InChI=1S/C41H56N2O2/c1-6-7-8-9-10-11-12-13-14-15-16-17-18-24-31-45-41(44)40-32(2)38-37(43(40)5)30-29-34(33-25-20-19-21-26-33)39(38)35-27-22-23-28-36(35)42(3)4/h19-23,25-30H,6-18,24,31H2,1-5H3. The third-order valence-electron chi connectivity index (χ3n) is 9.27. The molecule has 0 aliphatic carbocycles. The summed E-state index contributed by atoms with van der Waals surface area (Å²) < 4.78 is 7.90. The van der Waals surface area contributed by atoms with E-state index in [2.05, 4.69) is 99.6 Å². The van der Waals surface area contributed by atoms with Crippen molar-refractivity contribution in [2.24, 2.45) is 7.05 Å². The number of carbonyl (C=O) groups is 1. The molecule has 0 aliphatic heterocycles. The average molecular weight is 609 g/mol. The lowest BCUT2D eigenvalue weighted by molar-refractivity contribution is 0.0486. The number of fused-ring (bicyclic) bond motifs is 1. The molecule has 4 nitrogen and oxygen atoms in total. The lowest BCUT2D eigenvalue weighted by Gasteiger charge is -2.21. The summed E-state index contributed by atoms with van der Waals surface area (Å²) in [4.78, 5) is 15.7. The Labute approximate surface area is 272 Å². The molecular formula is C41H56N2O2. The zero-order valence-corrected chi connectivity index (χ0v) is 28.7. The number of anilines is 1.